The number of halogens is 4. The van der Waals surface area contributed by atoms with Crippen molar-refractivity contribution in [1.82, 2.24) is 10.6 Å². The van der Waals surface area contributed by atoms with E-state index in [4.69, 9.17) is 0 Å². The van der Waals surface area contributed by atoms with Crippen LogP contribution in [-0.2, 0) is 0 Å². The fraction of sp³-hybridized carbons (Fsp3) is 0.417. The predicted molar refractivity (Wildman–Crippen MR) is 71.2 cm³/mol. The van der Waals surface area contributed by atoms with Crippen molar-refractivity contribution >= 4 is 18.3 Å². The smallest absolute Gasteiger partial charge is 0.406 e. The van der Waals surface area contributed by atoms with Gasteiger partial charge in [-0.25, -0.2) is 0 Å². The molecule has 1 aromatic carbocycles. The molecule has 0 fully saturated rings. The molecule has 0 saturated heterocycles. The van der Waals surface area contributed by atoms with Crippen molar-refractivity contribution in [2.24, 2.45) is 0 Å². The van der Waals surface area contributed by atoms with Crippen LogP contribution in [0.2, 0.25) is 0 Å². The van der Waals surface area contributed by atoms with Gasteiger partial charge in [0, 0.05) is 12.1 Å². The van der Waals surface area contributed by atoms with Crippen molar-refractivity contribution in [2.75, 3.05) is 20.1 Å². The second-order valence-electron chi connectivity index (χ2n) is 3.79. The average Bonchev–Trinajstić information content (AvgIpc) is 2.33. The minimum absolute atomic E-state index is 0. The maximum atomic E-state index is 11.9. The molecular weight excluding hydrogens is 297 g/mol. The summed E-state index contributed by atoms with van der Waals surface area (Å²) in [5.41, 5.74) is 0.291. The van der Waals surface area contributed by atoms with E-state index < -0.39 is 6.36 Å². The van der Waals surface area contributed by atoms with Crippen molar-refractivity contribution in [3.8, 4) is 5.75 Å². The van der Waals surface area contributed by atoms with Crippen LogP contribution in [0.4, 0.5) is 13.2 Å². The molecule has 0 radical (unpaired) electrons. The zero-order chi connectivity index (χ0) is 14.3. The fourth-order valence-electron chi connectivity index (χ4n) is 1.38. The van der Waals surface area contributed by atoms with Gasteiger partial charge in [-0.2, -0.15) is 0 Å². The lowest BCUT2D eigenvalue weighted by Gasteiger charge is -2.09. The number of hydrogen-bond acceptors (Lipinski definition) is 3. The van der Waals surface area contributed by atoms with Gasteiger partial charge in [-0.05, 0) is 44.3 Å². The molecule has 8 heteroatoms. The summed E-state index contributed by atoms with van der Waals surface area (Å²) in [6, 6.07) is 4.79. The van der Waals surface area contributed by atoms with E-state index in [9.17, 15) is 18.0 Å². The third-order valence-corrected chi connectivity index (χ3v) is 2.24. The minimum Gasteiger partial charge on any atom is -0.406 e. The van der Waals surface area contributed by atoms with Crippen LogP contribution in [0.1, 0.15) is 16.8 Å². The van der Waals surface area contributed by atoms with Crippen LogP contribution in [-0.4, -0.2) is 32.4 Å². The van der Waals surface area contributed by atoms with E-state index in [-0.39, 0.29) is 24.1 Å². The second kappa shape index (κ2) is 8.65. The van der Waals surface area contributed by atoms with Gasteiger partial charge in [-0.15, -0.1) is 25.6 Å². The van der Waals surface area contributed by atoms with E-state index in [0.29, 0.717) is 12.1 Å². The van der Waals surface area contributed by atoms with E-state index in [1.807, 2.05) is 0 Å². The molecule has 114 valence electrons. The first kappa shape index (κ1) is 18.5. The summed E-state index contributed by atoms with van der Waals surface area (Å²) < 4.78 is 39.5. The largest absolute Gasteiger partial charge is 0.573 e. The number of nitrogens with one attached hydrogen (secondary N) is 2. The number of benzene rings is 1. The van der Waals surface area contributed by atoms with E-state index in [1.165, 1.54) is 12.1 Å². The highest BCUT2D eigenvalue weighted by Crippen LogP contribution is 2.22. The maximum Gasteiger partial charge on any atom is 0.573 e. The number of hydrogen-bond donors (Lipinski definition) is 2. The molecule has 2 N–H and O–H groups in total. The third-order valence-electron chi connectivity index (χ3n) is 2.24. The van der Waals surface area contributed by atoms with Gasteiger partial charge in [0.05, 0.1) is 0 Å². The summed E-state index contributed by atoms with van der Waals surface area (Å²) in [4.78, 5) is 11.6. The van der Waals surface area contributed by atoms with Crippen molar-refractivity contribution in [3.63, 3.8) is 0 Å². The van der Waals surface area contributed by atoms with Crippen LogP contribution in [0.15, 0.2) is 24.3 Å². The third kappa shape index (κ3) is 7.20. The number of amides is 1. The molecule has 0 unspecified atom stereocenters. The van der Waals surface area contributed by atoms with Crippen LogP contribution in [0, 0.1) is 0 Å². The average molecular weight is 313 g/mol. The Balaban J connectivity index is 0.00000361. The molecule has 4 nitrogen and oxygen atoms in total. The van der Waals surface area contributed by atoms with Gasteiger partial charge in [0.25, 0.3) is 5.91 Å². The number of carbonyl (C=O) groups excluding carboxylic acids is 1. The number of carbonyl (C=O) groups is 1. The first-order chi connectivity index (χ1) is 8.92. The van der Waals surface area contributed by atoms with Crippen LogP contribution in [0.3, 0.4) is 0 Å². The molecule has 0 atom stereocenters. The highest BCUT2D eigenvalue weighted by atomic mass is 35.5. The molecule has 0 aliphatic heterocycles. The van der Waals surface area contributed by atoms with E-state index in [0.717, 1.165) is 25.1 Å². The summed E-state index contributed by atoms with van der Waals surface area (Å²) in [5.74, 6) is -0.672. The monoisotopic (exact) mass is 312 g/mol. The highest BCUT2D eigenvalue weighted by molar-refractivity contribution is 5.94. The molecular formula is C12H16ClF3N2O2. The Hall–Kier alpha value is -1.47. The normalized spacial score (nSPS) is 10.6. The second-order valence-corrected chi connectivity index (χ2v) is 3.79. The SMILES string of the molecule is CNCCCNC(=O)c1ccc(OC(F)(F)F)cc1.Cl. The van der Waals surface area contributed by atoms with E-state index >= 15 is 0 Å². The first-order valence-corrected chi connectivity index (χ1v) is 5.71. The molecule has 0 spiro atoms. The first-order valence-electron chi connectivity index (χ1n) is 5.71. The van der Waals surface area contributed by atoms with Gasteiger partial charge < -0.3 is 15.4 Å². The zero-order valence-corrected chi connectivity index (χ0v) is 11.6. The predicted octanol–water partition coefficient (Wildman–Crippen LogP) is 2.35. The molecule has 1 aromatic rings. The molecule has 0 saturated carbocycles. The zero-order valence-electron chi connectivity index (χ0n) is 10.8. The van der Waals surface area contributed by atoms with Gasteiger partial charge in [-0.1, -0.05) is 0 Å². The van der Waals surface area contributed by atoms with Crippen LogP contribution >= 0.6 is 12.4 Å². The van der Waals surface area contributed by atoms with Crippen molar-refractivity contribution in [3.05, 3.63) is 29.8 Å². The molecule has 1 amide bonds. The lowest BCUT2D eigenvalue weighted by Crippen LogP contribution is -2.26. The molecule has 1 rings (SSSR count). The molecule has 0 heterocycles. The Morgan fingerprint density at radius 3 is 2.30 bits per heavy atom. The molecule has 0 aliphatic rings. The quantitative estimate of drug-likeness (QED) is 0.793. The van der Waals surface area contributed by atoms with Gasteiger partial charge in [0.1, 0.15) is 5.75 Å². The Morgan fingerprint density at radius 1 is 1.20 bits per heavy atom. The van der Waals surface area contributed by atoms with Gasteiger partial charge in [-0.3, -0.25) is 4.79 Å². The van der Waals surface area contributed by atoms with Crippen molar-refractivity contribution in [1.29, 1.82) is 0 Å². The highest BCUT2D eigenvalue weighted by Gasteiger charge is 2.31. The number of rotatable bonds is 6. The molecule has 0 bridgehead atoms. The van der Waals surface area contributed by atoms with Gasteiger partial charge in [0.15, 0.2) is 0 Å². The van der Waals surface area contributed by atoms with E-state index in [1.54, 1.807) is 7.05 Å². The topological polar surface area (TPSA) is 50.4 Å². The van der Waals surface area contributed by atoms with E-state index in [2.05, 4.69) is 15.4 Å². The molecule has 0 aromatic heterocycles. The van der Waals surface area contributed by atoms with Crippen molar-refractivity contribution in [2.45, 2.75) is 12.8 Å². The fourth-order valence-corrected chi connectivity index (χ4v) is 1.38. The molecule has 20 heavy (non-hydrogen) atoms. The molecule has 0 aliphatic carbocycles. The Bertz CT molecular complexity index is 410. The summed E-state index contributed by atoms with van der Waals surface area (Å²) in [5, 5.41) is 5.60. The lowest BCUT2D eigenvalue weighted by atomic mass is 10.2. The number of alkyl halides is 3. The summed E-state index contributed by atoms with van der Waals surface area (Å²) >= 11 is 0. The summed E-state index contributed by atoms with van der Waals surface area (Å²) in [7, 11) is 1.81. The van der Waals surface area contributed by atoms with Gasteiger partial charge in [0.2, 0.25) is 0 Å². The summed E-state index contributed by atoms with van der Waals surface area (Å²) in [6.45, 7) is 1.28. The van der Waals surface area contributed by atoms with Crippen molar-refractivity contribution < 1.29 is 22.7 Å². The standard InChI is InChI=1S/C12H15F3N2O2.ClH/c1-16-7-2-8-17-11(18)9-3-5-10(6-4-9)19-12(13,14)15;/h3-6,16H,2,7-8H2,1H3,(H,17,18);1H. The van der Waals surface area contributed by atoms with Crippen LogP contribution in [0.25, 0.3) is 0 Å². The summed E-state index contributed by atoms with van der Waals surface area (Å²) in [6.07, 6.45) is -3.95. The Labute approximate surface area is 121 Å². The number of ether oxygens (including phenoxy) is 1. The Morgan fingerprint density at radius 2 is 1.80 bits per heavy atom. The van der Waals surface area contributed by atoms with Crippen LogP contribution in [0.5, 0.6) is 5.75 Å². The Kier molecular flexibility index (Phi) is 8.02. The maximum absolute atomic E-state index is 11.9. The van der Waals surface area contributed by atoms with Crippen LogP contribution < -0.4 is 15.4 Å². The minimum atomic E-state index is -4.73. The van der Waals surface area contributed by atoms with Gasteiger partial charge >= 0.3 is 6.36 Å². The lowest BCUT2D eigenvalue weighted by molar-refractivity contribution is -0.274.